The number of rotatable bonds is 12. The molecule has 4 unspecified atom stereocenters. The fourth-order valence-corrected chi connectivity index (χ4v) is 6.34. The smallest absolute Gasteiger partial charge is 0.330 e. The molecule has 3 heterocycles. The van der Waals surface area contributed by atoms with E-state index < -0.39 is 12.1 Å². The molecule has 2 N–H and O–H groups in total. The lowest BCUT2D eigenvalue weighted by atomic mass is 9.86. The fraction of sp³-hybridized carbons (Fsp3) is 0.531. The maximum absolute atomic E-state index is 14.1. The summed E-state index contributed by atoms with van der Waals surface area (Å²) in [5.41, 5.74) is 2.56. The molecule has 1 saturated heterocycles. The minimum Gasteiger partial charge on any atom is -0.462 e. The number of amides is 1. The maximum atomic E-state index is 14.1. The van der Waals surface area contributed by atoms with E-state index in [1.807, 2.05) is 17.9 Å². The monoisotopic (exact) mass is 606 g/mol. The number of aromatic nitrogens is 4. The molecule has 2 aliphatic rings. The molecule has 0 radical (unpaired) electrons. The Morgan fingerprint density at radius 2 is 2.05 bits per heavy atom. The molecule has 1 aromatic carbocycles. The van der Waals surface area contributed by atoms with Crippen LogP contribution in [0.15, 0.2) is 42.9 Å². The van der Waals surface area contributed by atoms with Crippen molar-refractivity contribution >= 4 is 40.4 Å². The Balaban J connectivity index is 1.40. The quantitative estimate of drug-likeness (QED) is 0.179. The summed E-state index contributed by atoms with van der Waals surface area (Å²) in [6.45, 7) is 1.78. The zero-order chi connectivity index (χ0) is 31.1. The maximum Gasteiger partial charge on any atom is 0.330 e. The van der Waals surface area contributed by atoms with Gasteiger partial charge in [-0.3, -0.25) is 19.4 Å². The number of benzene rings is 1. The van der Waals surface area contributed by atoms with Crippen LogP contribution in [0.1, 0.15) is 44.2 Å². The first-order chi connectivity index (χ1) is 21.4. The molecule has 1 saturated carbocycles. The lowest BCUT2D eigenvalue weighted by molar-refractivity contribution is -0.137. The third-order valence-corrected chi connectivity index (χ3v) is 8.62. The van der Waals surface area contributed by atoms with E-state index in [4.69, 9.17) is 19.6 Å². The van der Waals surface area contributed by atoms with E-state index in [2.05, 4.69) is 33.2 Å². The summed E-state index contributed by atoms with van der Waals surface area (Å²) in [7, 11) is 3.62. The fourth-order valence-electron chi connectivity index (χ4n) is 6.34. The summed E-state index contributed by atoms with van der Waals surface area (Å²) in [5, 5.41) is 24.7. The summed E-state index contributed by atoms with van der Waals surface area (Å²) in [6.07, 6.45) is 11.1. The molecule has 2 aromatic heterocycles. The van der Waals surface area contributed by atoms with Gasteiger partial charge in [0.2, 0.25) is 5.91 Å². The summed E-state index contributed by atoms with van der Waals surface area (Å²) >= 11 is 0. The lowest BCUT2D eigenvalue weighted by Gasteiger charge is -2.34. The van der Waals surface area contributed by atoms with Crippen LogP contribution in [0.2, 0.25) is 0 Å². The van der Waals surface area contributed by atoms with Crippen molar-refractivity contribution in [1.82, 2.24) is 19.7 Å². The summed E-state index contributed by atoms with van der Waals surface area (Å²) in [5.74, 6) is -0.453. The molecule has 2 fully saturated rings. The molecule has 3 aromatic rings. The molecule has 0 bridgehead atoms. The normalized spacial score (nSPS) is 22.1. The van der Waals surface area contributed by atoms with Gasteiger partial charge < -0.3 is 24.6 Å². The van der Waals surface area contributed by atoms with Gasteiger partial charge in [-0.25, -0.2) is 9.78 Å². The highest BCUT2D eigenvalue weighted by Gasteiger charge is 2.39. The highest BCUT2D eigenvalue weighted by Crippen LogP contribution is 2.35. The number of anilines is 2. The number of aliphatic hydroxyl groups excluding tert-OH is 2. The van der Waals surface area contributed by atoms with Gasteiger partial charge in [-0.1, -0.05) is 6.42 Å². The zero-order valence-electron chi connectivity index (χ0n) is 25.4. The minimum absolute atomic E-state index is 0.0195. The van der Waals surface area contributed by atoms with E-state index >= 15 is 0 Å². The van der Waals surface area contributed by atoms with Crippen molar-refractivity contribution in [2.45, 2.75) is 50.7 Å². The second-order valence-electron chi connectivity index (χ2n) is 11.6. The number of carbonyl (C=O) groups is 2. The van der Waals surface area contributed by atoms with Gasteiger partial charge in [0, 0.05) is 69.3 Å². The Morgan fingerprint density at radius 3 is 2.84 bits per heavy atom. The molecule has 236 valence electrons. The second-order valence-corrected chi connectivity index (χ2v) is 11.6. The number of esters is 1. The lowest BCUT2D eigenvalue weighted by Crippen LogP contribution is -2.46. The summed E-state index contributed by atoms with van der Waals surface area (Å²) < 4.78 is 12.6. The Morgan fingerprint density at radius 1 is 1.18 bits per heavy atom. The van der Waals surface area contributed by atoms with Crippen molar-refractivity contribution in [3.63, 3.8) is 0 Å². The Labute approximate surface area is 257 Å². The second kappa shape index (κ2) is 14.7. The van der Waals surface area contributed by atoms with Crippen LogP contribution in [0.3, 0.4) is 0 Å². The highest BCUT2D eigenvalue weighted by molar-refractivity contribution is 5.94. The Hall–Kier alpha value is -3.87. The van der Waals surface area contributed by atoms with Crippen molar-refractivity contribution in [1.29, 1.82) is 0 Å². The number of fused-ring (bicyclic) bond motifs is 1. The highest BCUT2D eigenvalue weighted by atomic mass is 16.5. The van der Waals surface area contributed by atoms with Crippen molar-refractivity contribution in [3.8, 4) is 0 Å². The average molecular weight is 607 g/mol. The van der Waals surface area contributed by atoms with Crippen LogP contribution in [0, 0.1) is 11.8 Å². The summed E-state index contributed by atoms with van der Waals surface area (Å²) in [4.78, 5) is 39.3. The third-order valence-electron chi connectivity index (χ3n) is 8.62. The van der Waals surface area contributed by atoms with Crippen molar-refractivity contribution in [2.75, 3.05) is 49.8 Å². The van der Waals surface area contributed by atoms with Gasteiger partial charge in [-0.2, -0.15) is 5.10 Å². The van der Waals surface area contributed by atoms with Gasteiger partial charge in [0.1, 0.15) is 0 Å². The number of nitrogens with zero attached hydrogens (tertiary/aromatic N) is 6. The molecule has 1 amide bonds. The molecule has 1 aliphatic heterocycles. The standard InChI is InChI=1S/C32H42N6O6/c1-36-28-9-8-26(15-24(28)17-34-36)37-12-11-23(29(37)21-43-2)20-38(32(42)22-5-3-6-27(40)16-22)30-19-33-18-25(35-30)7-10-31(41)44-14-4-13-39/h7-10,15,17-19,22-23,27,29,39-40H,3-6,11-14,16,20-21H2,1-2H3/b10-7+. The largest absolute Gasteiger partial charge is 0.462 e. The van der Waals surface area contributed by atoms with Gasteiger partial charge in [-0.05, 0) is 50.0 Å². The van der Waals surface area contributed by atoms with Gasteiger partial charge in [-0.15, -0.1) is 0 Å². The van der Waals surface area contributed by atoms with Gasteiger partial charge in [0.05, 0.1) is 55.2 Å². The Bertz CT molecular complexity index is 1460. The van der Waals surface area contributed by atoms with Crippen LogP contribution >= 0.6 is 0 Å². The van der Waals surface area contributed by atoms with E-state index in [0.29, 0.717) is 50.3 Å². The number of hydrogen-bond donors (Lipinski definition) is 2. The number of hydrogen-bond acceptors (Lipinski definition) is 10. The van der Waals surface area contributed by atoms with Gasteiger partial charge in [0.25, 0.3) is 0 Å². The van der Waals surface area contributed by atoms with E-state index in [0.717, 1.165) is 36.0 Å². The zero-order valence-corrected chi connectivity index (χ0v) is 25.4. The molecule has 5 rings (SSSR count). The number of aryl methyl sites for hydroxylation is 1. The van der Waals surface area contributed by atoms with E-state index in [1.165, 1.54) is 18.3 Å². The van der Waals surface area contributed by atoms with Crippen molar-refractivity contribution in [3.05, 3.63) is 48.6 Å². The molecular formula is C32H42N6O6. The number of aliphatic hydroxyl groups is 2. The van der Waals surface area contributed by atoms with E-state index in [1.54, 1.807) is 18.2 Å². The predicted molar refractivity (Wildman–Crippen MR) is 166 cm³/mol. The van der Waals surface area contributed by atoms with Crippen molar-refractivity contribution < 1.29 is 29.3 Å². The van der Waals surface area contributed by atoms with Crippen LogP contribution in [-0.2, 0) is 26.1 Å². The molecule has 12 heteroatoms. The summed E-state index contributed by atoms with van der Waals surface area (Å²) in [6, 6.07) is 6.36. The molecular weight excluding hydrogens is 564 g/mol. The predicted octanol–water partition coefficient (Wildman–Crippen LogP) is 2.73. The number of ether oxygens (including phenoxy) is 2. The van der Waals surface area contributed by atoms with Gasteiger partial charge in [0.15, 0.2) is 5.82 Å². The molecule has 12 nitrogen and oxygen atoms in total. The van der Waals surface area contributed by atoms with Crippen LogP contribution in [-0.4, -0.2) is 94.0 Å². The Kier molecular flexibility index (Phi) is 10.6. The minimum atomic E-state index is -0.548. The first-order valence-corrected chi connectivity index (χ1v) is 15.3. The van der Waals surface area contributed by atoms with E-state index in [-0.39, 0.29) is 37.0 Å². The SMILES string of the molecule is COCC1C(CN(C(=O)C2CCCC(O)C2)c2cncc(/C=C/C(=O)OCCCO)n2)CCN1c1ccc2c(cnn2C)c1. The first-order valence-electron chi connectivity index (χ1n) is 15.3. The molecule has 0 spiro atoms. The van der Waals surface area contributed by atoms with Crippen LogP contribution in [0.4, 0.5) is 11.5 Å². The van der Waals surface area contributed by atoms with Crippen LogP contribution < -0.4 is 9.80 Å². The van der Waals surface area contributed by atoms with Crippen LogP contribution in [0.25, 0.3) is 17.0 Å². The third kappa shape index (κ3) is 7.43. The average Bonchev–Trinajstić information content (AvgIpc) is 3.61. The van der Waals surface area contributed by atoms with Gasteiger partial charge >= 0.3 is 5.97 Å². The molecule has 44 heavy (non-hydrogen) atoms. The topological polar surface area (TPSA) is 143 Å². The number of carbonyl (C=O) groups excluding carboxylic acids is 2. The van der Waals surface area contributed by atoms with E-state index in [9.17, 15) is 14.7 Å². The molecule has 1 aliphatic carbocycles. The van der Waals surface area contributed by atoms with Crippen LogP contribution in [0.5, 0.6) is 0 Å². The number of methoxy groups -OCH3 is 1. The molecule has 4 atom stereocenters. The van der Waals surface area contributed by atoms with Crippen molar-refractivity contribution in [2.24, 2.45) is 18.9 Å². The first kappa shape index (κ1) is 31.6.